The molecule has 0 aliphatic heterocycles. The highest BCUT2D eigenvalue weighted by atomic mass is 16.4. The first-order chi connectivity index (χ1) is 15.1. The molecule has 3 amide bonds. The summed E-state index contributed by atoms with van der Waals surface area (Å²) >= 11 is 0. The first kappa shape index (κ1) is 26.6. The van der Waals surface area contributed by atoms with E-state index in [1.807, 2.05) is 6.92 Å². The van der Waals surface area contributed by atoms with E-state index in [-0.39, 0.29) is 43.5 Å². The van der Waals surface area contributed by atoms with Crippen LogP contribution in [-0.2, 0) is 24.0 Å². The Morgan fingerprint density at radius 1 is 0.935 bits per heavy atom. The summed E-state index contributed by atoms with van der Waals surface area (Å²) in [6, 6.07) is -0.745. The lowest BCUT2D eigenvalue weighted by Gasteiger charge is -2.19. The van der Waals surface area contributed by atoms with Crippen molar-refractivity contribution in [1.82, 2.24) is 16.0 Å². The van der Waals surface area contributed by atoms with Gasteiger partial charge in [0.05, 0.1) is 6.42 Å². The van der Waals surface area contributed by atoms with Gasteiger partial charge in [-0.1, -0.05) is 32.6 Å². The van der Waals surface area contributed by atoms with Gasteiger partial charge in [-0.3, -0.25) is 19.2 Å². The van der Waals surface area contributed by atoms with Gasteiger partial charge in [-0.15, -0.1) is 0 Å². The van der Waals surface area contributed by atoms with Crippen molar-refractivity contribution in [1.29, 1.82) is 0 Å². The number of aliphatic carboxylic acids is 1. The van der Waals surface area contributed by atoms with Crippen LogP contribution in [0.1, 0.15) is 92.3 Å². The molecule has 0 aromatic heterocycles. The molecule has 0 aliphatic rings. The minimum Gasteiger partial charge on any atom is -0.481 e. The van der Waals surface area contributed by atoms with Crippen molar-refractivity contribution in [3.8, 4) is 0 Å². The van der Waals surface area contributed by atoms with Gasteiger partial charge in [0.2, 0.25) is 17.7 Å². The second-order valence-electron chi connectivity index (χ2n) is 7.76. The molecule has 2 atom stereocenters. The van der Waals surface area contributed by atoms with E-state index < -0.39 is 24.2 Å². The van der Waals surface area contributed by atoms with Crippen molar-refractivity contribution in [2.45, 2.75) is 103 Å². The zero-order valence-corrected chi connectivity index (χ0v) is 18.8. The molecule has 0 spiro atoms. The molecule has 0 aromatic rings. The van der Waals surface area contributed by atoms with Crippen LogP contribution in [0.2, 0.25) is 0 Å². The van der Waals surface area contributed by atoms with Crippen LogP contribution in [0.5, 0.6) is 0 Å². The monoisotopic (exact) mass is 442 g/mol. The van der Waals surface area contributed by atoms with Crippen molar-refractivity contribution in [2.24, 2.45) is 0 Å². The maximum absolute atomic E-state index is 12.5. The first-order valence-corrected chi connectivity index (χ1v) is 11.2. The third kappa shape index (κ3) is 17.0. The smallest absolute Gasteiger partial charge is 0.303 e. The molecule has 0 aromatic carbocycles. The van der Waals surface area contributed by atoms with Crippen LogP contribution in [0.4, 0.5) is 0 Å². The Labute approximate surface area is 186 Å². The van der Waals surface area contributed by atoms with E-state index in [9.17, 15) is 24.0 Å². The van der Waals surface area contributed by atoms with E-state index in [0.717, 1.165) is 32.1 Å². The number of aldehydes is 1. The fourth-order valence-corrected chi connectivity index (χ4v) is 3.03. The first-order valence-electron chi connectivity index (χ1n) is 11.7. The van der Waals surface area contributed by atoms with Crippen molar-refractivity contribution in [3.63, 3.8) is 0 Å². The SMILES string of the molecule is [2H]C(=O)CCC(=O)NC(C)CCCCNC(=O)C(CCCCCC)NC(=O)CCC(=O)O. The van der Waals surface area contributed by atoms with Crippen LogP contribution in [0, 0.1) is 0 Å². The zero-order valence-electron chi connectivity index (χ0n) is 19.8. The molecule has 0 saturated heterocycles. The van der Waals surface area contributed by atoms with Crippen LogP contribution in [0.3, 0.4) is 0 Å². The normalized spacial score (nSPS) is 12.9. The Morgan fingerprint density at radius 2 is 1.61 bits per heavy atom. The van der Waals surface area contributed by atoms with Gasteiger partial charge in [-0.2, -0.15) is 0 Å². The van der Waals surface area contributed by atoms with Gasteiger partial charge in [0.1, 0.15) is 13.7 Å². The molecule has 0 radical (unpaired) electrons. The lowest BCUT2D eigenvalue weighted by Crippen LogP contribution is -2.47. The van der Waals surface area contributed by atoms with Crippen LogP contribution in [0.25, 0.3) is 0 Å². The molecular formula is C22H39N3O6. The maximum atomic E-state index is 12.5. The topological polar surface area (TPSA) is 142 Å². The molecule has 9 nitrogen and oxygen atoms in total. The molecular weight excluding hydrogens is 402 g/mol. The number of hydrogen-bond donors (Lipinski definition) is 4. The van der Waals surface area contributed by atoms with Gasteiger partial charge < -0.3 is 25.9 Å². The number of carboxylic acids is 1. The summed E-state index contributed by atoms with van der Waals surface area (Å²) in [6.07, 6.45) is 5.30. The third-order valence-electron chi connectivity index (χ3n) is 4.79. The van der Waals surface area contributed by atoms with Gasteiger partial charge in [0.15, 0.2) is 0 Å². The fourth-order valence-electron chi connectivity index (χ4n) is 3.03. The number of unbranched alkanes of at least 4 members (excludes halogenated alkanes) is 4. The highest BCUT2D eigenvalue weighted by molar-refractivity contribution is 5.88. The lowest BCUT2D eigenvalue weighted by atomic mass is 10.1. The second-order valence-corrected chi connectivity index (χ2v) is 7.76. The molecule has 31 heavy (non-hydrogen) atoms. The van der Waals surface area contributed by atoms with Gasteiger partial charge in [0.25, 0.3) is 0 Å². The summed E-state index contributed by atoms with van der Waals surface area (Å²) in [5, 5.41) is 17.0. The summed E-state index contributed by atoms with van der Waals surface area (Å²) in [5.41, 5.74) is 0. The van der Waals surface area contributed by atoms with E-state index in [2.05, 4.69) is 22.9 Å². The Hall–Kier alpha value is -2.45. The predicted molar refractivity (Wildman–Crippen MR) is 117 cm³/mol. The number of carbonyl (C=O) groups excluding carboxylic acids is 4. The summed E-state index contributed by atoms with van der Waals surface area (Å²) in [4.78, 5) is 57.3. The summed E-state index contributed by atoms with van der Waals surface area (Å²) in [5.74, 6) is -2.03. The number of carboxylic acid groups (broad SMARTS) is 1. The molecule has 0 fully saturated rings. The number of carbonyl (C=O) groups is 5. The molecule has 0 saturated carbocycles. The van der Waals surface area contributed by atoms with E-state index in [0.29, 0.717) is 25.8 Å². The highest BCUT2D eigenvalue weighted by Crippen LogP contribution is 2.07. The van der Waals surface area contributed by atoms with Crippen LogP contribution >= 0.6 is 0 Å². The van der Waals surface area contributed by atoms with E-state index in [1.165, 1.54) is 0 Å². The summed E-state index contributed by atoms with van der Waals surface area (Å²) in [7, 11) is 0. The Kier molecular flexibility index (Phi) is 15.7. The fraction of sp³-hybridized carbons (Fsp3) is 0.773. The van der Waals surface area contributed by atoms with Gasteiger partial charge >= 0.3 is 5.97 Å². The van der Waals surface area contributed by atoms with E-state index in [4.69, 9.17) is 6.48 Å². The average molecular weight is 443 g/mol. The highest BCUT2D eigenvalue weighted by Gasteiger charge is 2.20. The van der Waals surface area contributed by atoms with Crippen molar-refractivity contribution in [3.05, 3.63) is 0 Å². The number of rotatable bonds is 19. The number of nitrogens with one attached hydrogen (secondary N) is 3. The molecule has 178 valence electrons. The molecule has 2 unspecified atom stereocenters. The van der Waals surface area contributed by atoms with Crippen molar-refractivity contribution >= 4 is 30.0 Å². The molecule has 0 rings (SSSR count). The standard InChI is InChI=1S/C22H39N3O6/c1-3-4-5-6-11-18(25-20(28)13-14-21(29)30)22(31)23-15-8-7-10-17(2)24-19(27)12-9-16-26/h16-18H,3-15H2,1-2H3,(H,23,31)(H,24,27)(H,25,28)(H,29,30)/i16D. The summed E-state index contributed by atoms with van der Waals surface area (Å²) in [6.45, 7) is 4.38. The van der Waals surface area contributed by atoms with Crippen molar-refractivity contribution < 1.29 is 30.4 Å². The van der Waals surface area contributed by atoms with Gasteiger partial charge in [0, 0.05) is 31.8 Å². The molecule has 0 heterocycles. The summed E-state index contributed by atoms with van der Waals surface area (Å²) < 4.78 is 6.81. The lowest BCUT2D eigenvalue weighted by molar-refractivity contribution is -0.139. The molecule has 4 N–H and O–H groups in total. The van der Waals surface area contributed by atoms with Crippen molar-refractivity contribution in [2.75, 3.05) is 6.54 Å². The molecule has 0 aliphatic carbocycles. The quantitative estimate of drug-likeness (QED) is 0.178. The number of hydrogen-bond acceptors (Lipinski definition) is 5. The minimum atomic E-state index is -1.06. The van der Waals surface area contributed by atoms with E-state index >= 15 is 0 Å². The number of amides is 3. The van der Waals surface area contributed by atoms with Gasteiger partial charge in [-0.05, 0) is 32.6 Å². The zero-order chi connectivity index (χ0) is 24.4. The predicted octanol–water partition coefficient (Wildman–Crippen LogP) is 2.08. The Balaban J connectivity index is 4.28. The van der Waals surface area contributed by atoms with Crippen LogP contribution in [0.15, 0.2) is 0 Å². The average Bonchev–Trinajstić information content (AvgIpc) is 2.72. The van der Waals surface area contributed by atoms with Gasteiger partial charge in [-0.25, -0.2) is 0 Å². The Morgan fingerprint density at radius 3 is 2.26 bits per heavy atom. The van der Waals surface area contributed by atoms with E-state index in [1.54, 1.807) is 0 Å². The molecule has 9 heteroatoms. The molecule has 0 bridgehead atoms. The van der Waals surface area contributed by atoms with Crippen LogP contribution in [-0.4, -0.2) is 53.7 Å². The third-order valence-corrected chi connectivity index (χ3v) is 4.79. The minimum absolute atomic E-state index is 0.0144. The Bertz CT molecular complexity index is 614. The van der Waals surface area contributed by atoms with Crippen LogP contribution < -0.4 is 16.0 Å². The maximum Gasteiger partial charge on any atom is 0.303 e. The largest absolute Gasteiger partial charge is 0.481 e. The second kappa shape index (κ2) is 18.3.